The summed E-state index contributed by atoms with van der Waals surface area (Å²) in [5.41, 5.74) is 0.357. The van der Waals surface area contributed by atoms with E-state index in [2.05, 4.69) is 4.98 Å². The molecule has 0 bridgehead atoms. The number of aliphatic hydroxyl groups is 1. The van der Waals surface area contributed by atoms with Crippen LogP contribution in [0.3, 0.4) is 0 Å². The van der Waals surface area contributed by atoms with Crippen molar-refractivity contribution in [3.63, 3.8) is 0 Å². The van der Waals surface area contributed by atoms with E-state index < -0.39 is 11.7 Å². The van der Waals surface area contributed by atoms with Gasteiger partial charge in [0.25, 0.3) is 0 Å². The van der Waals surface area contributed by atoms with Crippen LogP contribution in [0.5, 0.6) is 0 Å². The van der Waals surface area contributed by atoms with Gasteiger partial charge in [-0.1, -0.05) is 18.2 Å². The summed E-state index contributed by atoms with van der Waals surface area (Å²) in [5.74, 6) is 0. The van der Waals surface area contributed by atoms with E-state index in [1.165, 1.54) is 0 Å². The van der Waals surface area contributed by atoms with E-state index in [-0.39, 0.29) is 0 Å². The fraction of sp³-hybridized carbons (Fsp3) is 0.471. The van der Waals surface area contributed by atoms with E-state index in [1.54, 1.807) is 6.20 Å². The number of benzene rings is 1. The third kappa shape index (κ3) is 2.67. The topological polar surface area (TPSA) is 51.6 Å². The van der Waals surface area contributed by atoms with Gasteiger partial charge in [-0.15, -0.1) is 0 Å². The summed E-state index contributed by atoms with van der Waals surface area (Å²) >= 11 is 0. The number of ether oxygens (including phenoxy) is 2. The quantitative estimate of drug-likeness (QED) is 0.939. The van der Waals surface area contributed by atoms with Crippen molar-refractivity contribution in [1.82, 2.24) is 4.98 Å². The molecular formula is C17H21NO3. The van der Waals surface area contributed by atoms with E-state index in [9.17, 15) is 5.11 Å². The SMILES string of the molecule is CCOC1(C(O)c2cccc3cnccc23)CCOCC1. The molecule has 1 N–H and O–H groups in total. The second-order valence-electron chi connectivity index (χ2n) is 5.46. The highest BCUT2D eigenvalue weighted by Gasteiger charge is 2.41. The Bertz CT molecular complexity index is 597. The van der Waals surface area contributed by atoms with Gasteiger partial charge in [-0.25, -0.2) is 0 Å². The Balaban J connectivity index is 2.03. The smallest absolute Gasteiger partial charge is 0.109 e. The third-order valence-electron chi connectivity index (χ3n) is 4.28. The molecule has 1 fully saturated rings. The molecule has 1 aromatic heterocycles. The number of rotatable bonds is 4. The van der Waals surface area contributed by atoms with Gasteiger partial charge in [-0.05, 0) is 23.9 Å². The fourth-order valence-corrected chi connectivity index (χ4v) is 3.17. The molecule has 1 unspecified atom stereocenters. The predicted molar refractivity (Wildman–Crippen MR) is 81.1 cm³/mol. The molecule has 2 aromatic rings. The molecule has 3 rings (SSSR count). The van der Waals surface area contributed by atoms with Gasteiger partial charge < -0.3 is 14.6 Å². The fourth-order valence-electron chi connectivity index (χ4n) is 3.17. The Morgan fingerprint density at radius 3 is 2.90 bits per heavy atom. The monoisotopic (exact) mass is 287 g/mol. The summed E-state index contributed by atoms with van der Waals surface area (Å²) in [6, 6.07) is 7.90. The van der Waals surface area contributed by atoms with Crippen LogP contribution in [0.1, 0.15) is 31.4 Å². The van der Waals surface area contributed by atoms with Crippen molar-refractivity contribution < 1.29 is 14.6 Å². The Labute approximate surface area is 124 Å². The van der Waals surface area contributed by atoms with Crippen molar-refractivity contribution in [3.8, 4) is 0 Å². The molecule has 0 spiro atoms. The van der Waals surface area contributed by atoms with Crippen LogP contribution in [0.15, 0.2) is 36.7 Å². The molecule has 0 aliphatic carbocycles. The first kappa shape index (κ1) is 14.4. The highest BCUT2D eigenvalue weighted by Crippen LogP contribution is 2.39. The summed E-state index contributed by atoms with van der Waals surface area (Å²) in [6.45, 7) is 3.81. The third-order valence-corrected chi connectivity index (χ3v) is 4.28. The summed E-state index contributed by atoms with van der Waals surface area (Å²) in [6.07, 6.45) is 4.35. The first-order chi connectivity index (χ1) is 10.3. The number of nitrogens with zero attached hydrogens (tertiary/aromatic N) is 1. The average molecular weight is 287 g/mol. The zero-order chi connectivity index (χ0) is 14.7. The second kappa shape index (κ2) is 6.10. The largest absolute Gasteiger partial charge is 0.385 e. The van der Waals surface area contributed by atoms with Crippen LogP contribution in [-0.4, -0.2) is 35.5 Å². The number of aromatic nitrogens is 1. The van der Waals surface area contributed by atoms with Gasteiger partial charge in [0.2, 0.25) is 0 Å². The van der Waals surface area contributed by atoms with Crippen molar-refractivity contribution in [2.75, 3.05) is 19.8 Å². The van der Waals surface area contributed by atoms with Gasteiger partial charge in [0, 0.05) is 50.4 Å². The van der Waals surface area contributed by atoms with E-state index in [4.69, 9.17) is 9.47 Å². The lowest BCUT2D eigenvalue weighted by molar-refractivity contribution is -0.167. The molecule has 1 aliphatic heterocycles. The van der Waals surface area contributed by atoms with Gasteiger partial charge in [-0.3, -0.25) is 4.98 Å². The molecule has 1 aliphatic rings. The van der Waals surface area contributed by atoms with Crippen molar-refractivity contribution in [2.24, 2.45) is 0 Å². The molecule has 21 heavy (non-hydrogen) atoms. The van der Waals surface area contributed by atoms with E-state index >= 15 is 0 Å². The Morgan fingerprint density at radius 1 is 1.33 bits per heavy atom. The summed E-state index contributed by atoms with van der Waals surface area (Å²) in [7, 11) is 0. The van der Waals surface area contributed by atoms with Crippen LogP contribution in [0.2, 0.25) is 0 Å². The number of pyridine rings is 1. The van der Waals surface area contributed by atoms with E-state index in [0.717, 1.165) is 16.3 Å². The molecule has 1 atom stereocenters. The highest BCUT2D eigenvalue weighted by molar-refractivity contribution is 5.85. The molecule has 112 valence electrons. The highest BCUT2D eigenvalue weighted by atomic mass is 16.5. The first-order valence-corrected chi connectivity index (χ1v) is 7.49. The lowest BCUT2D eigenvalue weighted by Crippen LogP contribution is -2.44. The van der Waals surface area contributed by atoms with Crippen molar-refractivity contribution in [2.45, 2.75) is 31.5 Å². The van der Waals surface area contributed by atoms with Crippen LogP contribution >= 0.6 is 0 Å². The van der Waals surface area contributed by atoms with Crippen LogP contribution in [0.25, 0.3) is 10.8 Å². The van der Waals surface area contributed by atoms with E-state index in [1.807, 2.05) is 37.4 Å². The Hall–Kier alpha value is -1.49. The van der Waals surface area contributed by atoms with E-state index in [0.29, 0.717) is 32.7 Å². The molecule has 0 radical (unpaired) electrons. The average Bonchev–Trinajstić information content (AvgIpc) is 2.55. The van der Waals surface area contributed by atoms with Crippen LogP contribution in [-0.2, 0) is 9.47 Å². The zero-order valence-corrected chi connectivity index (χ0v) is 12.3. The molecular weight excluding hydrogens is 266 g/mol. The maximum atomic E-state index is 11.0. The summed E-state index contributed by atoms with van der Waals surface area (Å²) < 4.78 is 11.4. The minimum absolute atomic E-state index is 0.551. The van der Waals surface area contributed by atoms with Gasteiger partial charge in [-0.2, -0.15) is 0 Å². The lowest BCUT2D eigenvalue weighted by Gasteiger charge is -2.41. The van der Waals surface area contributed by atoms with Crippen LogP contribution in [0, 0.1) is 0 Å². The number of hydrogen-bond donors (Lipinski definition) is 1. The zero-order valence-electron chi connectivity index (χ0n) is 12.3. The standard InChI is InChI=1S/C17H21NO3/c1-2-21-17(7-10-20-11-8-17)16(19)15-5-3-4-13-12-18-9-6-14(13)15/h3-6,9,12,16,19H,2,7-8,10-11H2,1H3. The maximum Gasteiger partial charge on any atom is 0.109 e. The van der Waals surface area contributed by atoms with Crippen molar-refractivity contribution in [3.05, 3.63) is 42.2 Å². The van der Waals surface area contributed by atoms with Gasteiger partial charge >= 0.3 is 0 Å². The molecule has 4 nitrogen and oxygen atoms in total. The van der Waals surface area contributed by atoms with Gasteiger partial charge in [0.1, 0.15) is 11.7 Å². The maximum absolute atomic E-state index is 11.0. The molecule has 1 aromatic carbocycles. The van der Waals surface area contributed by atoms with Crippen molar-refractivity contribution >= 4 is 10.8 Å². The Kier molecular flexibility index (Phi) is 4.19. The summed E-state index contributed by atoms with van der Waals surface area (Å²) in [4.78, 5) is 4.15. The second-order valence-corrected chi connectivity index (χ2v) is 5.46. The van der Waals surface area contributed by atoms with Gasteiger partial charge in [0.15, 0.2) is 0 Å². The van der Waals surface area contributed by atoms with Crippen LogP contribution < -0.4 is 0 Å². The molecule has 1 saturated heterocycles. The number of hydrogen-bond acceptors (Lipinski definition) is 4. The van der Waals surface area contributed by atoms with Gasteiger partial charge in [0.05, 0.1) is 0 Å². The van der Waals surface area contributed by atoms with Crippen molar-refractivity contribution in [1.29, 1.82) is 0 Å². The molecule has 0 saturated carbocycles. The first-order valence-electron chi connectivity index (χ1n) is 7.49. The molecule has 2 heterocycles. The Morgan fingerprint density at radius 2 is 2.14 bits per heavy atom. The number of aliphatic hydroxyl groups excluding tert-OH is 1. The normalized spacial score (nSPS) is 19.5. The molecule has 0 amide bonds. The summed E-state index contributed by atoms with van der Waals surface area (Å²) in [5, 5.41) is 13.1. The van der Waals surface area contributed by atoms with Crippen LogP contribution in [0.4, 0.5) is 0 Å². The predicted octanol–water partition coefficient (Wildman–Crippen LogP) is 2.85. The minimum Gasteiger partial charge on any atom is -0.385 e. The number of fused-ring (bicyclic) bond motifs is 1. The lowest BCUT2D eigenvalue weighted by atomic mass is 9.82. The minimum atomic E-state index is -0.660. The molecule has 4 heteroatoms.